The van der Waals surface area contributed by atoms with E-state index in [-0.39, 0.29) is 70.9 Å². The molecule has 0 fully saturated rings. The van der Waals surface area contributed by atoms with E-state index in [2.05, 4.69) is 28.9 Å². The topological polar surface area (TPSA) is 136 Å². The number of phenols is 1. The van der Waals surface area contributed by atoms with E-state index in [1.807, 2.05) is 26.8 Å². The molecule has 1 atom stereocenters. The van der Waals surface area contributed by atoms with Crippen molar-refractivity contribution in [2.45, 2.75) is 53.5 Å². The Labute approximate surface area is 256 Å². The maximum Gasteiger partial charge on any atom is 0.259 e. The third kappa shape index (κ3) is 5.37. The molecule has 0 saturated carbocycles. The van der Waals surface area contributed by atoms with E-state index in [1.165, 1.54) is 32.3 Å². The van der Waals surface area contributed by atoms with Crippen molar-refractivity contribution in [2.75, 3.05) is 20.3 Å². The molecule has 10 heteroatoms. The quantitative estimate of drug-likeness (QED) is 0.112. The normalized spacial score (nSPS) is 17.0. The average Bonchev–Trinajstić information content (AvgIpc) is 3.28. The second-order valence-electron chi connectivity index (χ2n) is 10.6. The number of methoxy groups -OCH3 is 1. The van der Waals surface area contributed by atoms with Crippen LogP contribution < -0.4 is 19.5 Å². The Morgan fingerprint density at radius 1 is 1.20 bits per heavy atom. The van der Waals surface area contributed by atoms with Crippen LogP contribution in [0.5, 0.6) is 23.0 Å². The number of amides is 1. The lowest BCUT2D eigenvalue weighted by Gasteiger charge is -2.28. The number of Topliss-reactive ketones (excluding diaryl/α,β-unsaturated/α-hetero) is 1. The minimum atomic E-state index is -1.57. The number of carbonyl (C=O) groups is 2. The number of fused-ring (bicyclic) bond motifs is 3. The number of phenolic OH excluding ortho intramolecular Hbond substituents is 1. The van der Waals surface area contributed by atoms with Crippen LogP contribution in [0.2, 0.25) is 0 Å². The van der Waals surface area contributed by atoms with E-state index in [1.54, 1.807) is 13.8 Å². The van der Waals surface area contributed by atoms with Crippen LogP contribution in [0.15, 0.2) is 53.1 Å². The number of rotatable bonds is 10. The van der Waals surface area contributed by atoms with Gasteiger partial charge < -0.3 is 34.6 Å². The summed E-state index contributed by atoms with van der Waals surface area (Å²) in [6, 6.07) is 3.19. The number of aliphatic hydroxyl groups excluding tert-OH is 1. The SMILES string of the molecule is C=CCO/N=C(\C)C1=C(O)C=C2Oc3c(C(=O)NCc4c(C)cc(OCC#CC)c(C)c4C)c(OC)cc(O)c3[C@]2(C)C1=O. The maximum absolute atomic E-state index is 13.9. The second-order valence-corrected chi connectivity index (χ2v) is 10.6. The fraction of sp³-hybridized carbons (Fsp3) is 0.324. The number of ketones is 1. The molecule has 2 aromatic rings. The summed E-state index contributed by atoms with van der Waals surface area (Å²) < 4.78 is 17.3. The van der Waals surface area contributed by atoms with Crippen molar-refractivity contribution in [1.82, 2.24) is 5.32 Å². The lowest BCUT2D eigenvalue weighted by Crippen LogP contribution is -2.38. The zero-order valence-corrected chi connectivity index (χ0v) is 25.9. The van der Waals surface area contributed by atoms with Gasteiger partial charge in [-0.05, 0) is 69.9 Å². The molecule has 2 aliphatic rings. The molecular formula is C34H36N2O8. The summed E-state index contributed by atoms with van der Waals surface area (Å²) in [6.45, 7) is 14.8. The van der Waals surface area contributed by atoms with Gasteiger partial charge in [0, 0.05) is 18.7 Å². The van der Waals surface area contributed by atoms with Gasteiger partial charge in [0.05, 0.1) is 24.0 Å². The zero-order valence-electron chi connectivity index (χ0n) is 25.9. The summed E-state index contributed by atoms with van der Waals surface area (Å²) in [5.41, 5.74) is 2.24. The summed E-state index contributed by atoms with van der Waals surface area (Å²) >= 11 is 0. The average molecular weight is 601 g/mol. The molecule has 3 N–H and O–H groups in total. The fourth-order valence-electron chi connectivity index (χ4n) is 5.43. The molecule has 2 aromatic carbocycles. The van der Waals surface area contributed by atoms with Crippen molar-refractivity contribution in [3.05, 3.63) is 81.3 Å². The number of aliphatic hydroxyl groups is 1. The molecule has 1 amide bonds. The van der Waals surface area contributed by atoms with Crippen LogP contribution in [-0.2, 0) is 21.6 Å². The predicted molar refractivity (Wildman–Crippen MR) is 165 cm³/mol. The number of oxime groups is 1. The van der Waals surface area contributed by atoms with Crippen LogP contribution in [-0.4, -0.2) is 47.9 Å². The Morgan fingerprint density at radius 2 is 1.93 bits per heavy atom. The first-order valence-electron chi connectivity index (χ1n) is 13.9. The summed E-state index contributed by atoms with van der Waals surface area (Å²) in [6.07, 6.45) is 2.77. The minimum Gasteiger partial charge on any atom is -0.507 e. The maximum atomic E-state index is 13.9. The first-order chi connectivity index (χ1) is 20.9. The monoisotopic (exact) mass is 600 g/mol. The number of allylic oxidation sites excluding steroid dienone is 3. The van der Waals surface area contributed by atoms with E-state index < -0.39 is 17.1 Å². The number of nitrogens with zero attached hydrogens (tertiary/aromatic N) is 1. The highest BCUT2D eigenvalue weighted by atomic mass is 16.6. The van der Waals surface area contributed by atoms with Gasteiger partial charge in [0.2, 0.25) is 0 Å². The van der Waals surface area contributed by atoms with Crippen LogP contribution in [0, 0.1) is 32.6 Å². The molecular weight excluding hydrogens is 564 g/mol. The fourth-order valence-corrected chi connectivity index (χ4v) is 5.43. The van der Waals surface area contributed by atoms with E-state index in [4.69, 9.17) is 19.0 Å². The third-order valence-electron chi connectivity index (χ3n) is 7.95. The lowest BCUT2D eigenvalue weighted by molar-refractivity contribution is -0.119. The minimum absolute atomic E-state index is 0.00417. The Kier molecular flexibility index (Phi) is 9.09. The molecule has 230 valence electrons. The van der Waals surface area contributed by atoms with Crippen LogP contribution in [0.1, 0.15) is 58.9 Å². The summed E-state index contributed by atoms with van der Waals surface area (Å²) in [7, 11) is 1.36. The highest BCUT2D eigenvalue weighted by Gasteiger charge is 2.55. The van der Waals surface area contributed by atoms with Gasteiger partial charge in [0.1, 0.15) is 53.0 Å². The van der Waals surface area contributed by atoms with E-state index in [0.29, 0.717) is 0 Å². The number of hydrogen-bond donors (Lipinski definition) is 3. The lowest BCUT2D eigenvalue weighted by atomic mass is 9.71. The summed E-state index contributed by atoms with van der Waals surface area (Å²) in [5.74, 6) is 4.64. The molecule has 10 nitrogen and oxygen atoms in total. The van der Waals surface area contributed by atoms with Crippen LogP contribution in [0.4, 0.5) is 0 Å². The van der Waals surface area contributed by atoms with E-state index in [9.17, 15) is 19.8 Å². The van der Waals surface area contributed by atoms with Crippen molar-refractivity contribution in [3.8, 4) is 34.8 Å². The smallest absolute Gasteiger partial charge is 0.259 e. The molecule has 0 unspecified atom stereocenters. The molecule has 0 saturated heterocycles. The molecule has 0 radical (unpaired) electrons. The Balaban J connectivity index is 1.71. The van der Waals surface area contributed by atoms with Crippen molar-refractivity contribution in [1.29, 1.82) is 0 Å². The van der Waals surface area contributed by atoms with Gasteiger partial charge in [-0.25, -0.2) is 0 Å². The van der Waals surface area contributed by atoms with Gasteiger partial charge in [0.25, 0.3) is 5.91 Å². The standard InChI is InChI=1S/C34H36N2O8/c1-9-11-13-42-25-14-18(3)22(19(4)20(25)5)17-35-33(40)29-26(41-8)15-24(38)30-31(29)44-27-16-23(37)28(32(39)34(27,30)7)21(6)36-43-12-10-2/h10,14-16,37-38H,2,12-13,17H2,1,3-8H3,(H,35,40)/b36-21+/t34-/m1/s1. The van der Waals surface area contributed by atoms with Crippen LogP contribution in [0.25, 0.3) is 0 Å². The van der Waals surface area contributed by atoms with E-state index >= 15 is 0 Å². The predicted octanol–water partition coefficient (Wildman–Crippen LogP) is 5.17. The van der Waals surface area contributed by atoms with Gasteiger partial charge in [-0.15, -0.1) is 5.92 Å². The molecule has 4 rings (SSSR count). The molecule has 1 heterocycles. The highest BCUT2D eigenvalue weighted by Crippen LogP contribution is 2.56. The molecule has 0 aromatic heterocycles. The first-order valence-corrected chi connectivity index (χ1v) is 13.9. The Hall–Kier alpha value is -5.17. The second kappa shape index (κ2) is 12.6. The van der Waals surface area contributed by atoms with Crippen molar-refractivity contribution in [2.24, 2.45) is 5.16 Å². The Bertz CT molecular complexity index is 1720. The molecule has 1 aliphatic heterocycles. The van der Waals surface area contributed by atoms with E-state index in [0.717, 1.165) is 28.0 Å². The van der Waals surface area contributed by atoms with Gasteiger partial charge in [0.15, 0.2) is 11.5 Å². The zero-order chi connectivity index (χ0) is 32.3. The van der Waals surface area contributed by atoms with Crippen LogP contribution >= 0.6 is 0 Å². The summed E-state index contributed by atoms with van der Waals surface area (Å²) in [5, 5.41) is 28.7. The van der Waals surface area contributed by atoms with Gasteiger partial charge in [-0.2, -0.15) is 0 Å². The molecule has 0 spiro atoms. The molecule has 0 bridgehead atoms. The molecule has 1 aliphatic carbocycles. The van der Waals surface area contributed by atoms with Gasteiger partial charge in [-0.1, -0.05) is 23.7 Å². The van der Waals surface area contributed by atoms with Gasteiger partial charge in [-0.3, -0.25) is 9.59 Å². The number of carbonyl (C=O) groups excluding carboxylic acids is 2. The van der Waals surface area contributed by atoms with Crippen molar-refractivity contribution >= 4 is 17.4 Å². The third-order valence-corrected chi connectivity index (χ3v) is 7.95. The van der Waals surface area contributed by atoms with Gasteiger partial charge >= 0.3 is 0 Å². The van der Waals surface area contributed by atoms with Crippen molar-refractivity contribution in [3.63, 3.8) is 0 Å². The Morgan fingerprint density at radius 3 is 2.59 bits per heavy atom. The number of aryl methyl sites for hydroxylation is 1. The molecule has 44 heavy (non-hydrogen) atoms. The van der Waals surface area contributed by atoms with Crippen molar-refractivity contribution < 1.29 is 38.9 Å². The first kappa shape index (κ1) is 31.8. The number of aromatic hydroxyl groups is 1. The number of hydrogen-bond acceptors (Lipinski definition) is 9. The number of benzene rings is 2. The largest absolute Gasteiger partial charge is 0.507 e. The number of ether oxygens (including phenoxy) is 3. The number of nitrogens with one attached hydrogen (secondary N) is 1. The van der Waals surface area contributed by atoms with Crippen LogP contribution in [0.3, 0.4) is 0 Å². The highest BCUT2D eigenvalue weighted by molar-refractivity contribution is 6.27. The summed E-state index contributed by atoms with van der Waals surface area (Å²) in [4.78, 5) is 32.8.